The number of ether oxygens (including phenoxy) is 2. The van der Waals surface area contributed by atoms with Crippen LogP contribution in [0.1, 0.15) is 26.2 Å². The molecule has 2 bridgehead atoms. The topological polar surface area (TPSA) is 61.5 Å². The summed E-state index contributed by atoms with van der Waals surface area (Å²) in [6.45, 7) is 5.37. The molecule has 3 saturated carbocycles. The Kier molecular flexibility index (Phi) is 2.64. The monoisotopic (exact) mass is 241 g/mol. The maximum absolute atomic E-state index is 13.5. The highest BCUT2D eigenvalue weighted by molar-refractivity contribution is 5.88. The molecular formula is C12H16FNO3. The lowest BCUT2D eigenvalue weighted by atomic mass is 9.41. The smallest absolute Gasteiger partial charge is 0.357 e. The zero-order valence-electron chi connectivity index (χ0n) is 9.79. The number of hydrogen-bond donors (Lipinski definition) is 1. The molecular weight excluding hydrogens is 225 g/mol. The minimum atomic E-state index is -1.08. The Labute approximate surface area is 99.3 Å². The first-order chi connectivity index (χ1) is 7.96. The van der Waals surface area contributed by atoms with Crippen LogP contribution < -0.4 is 5.73 Å². The quantitative estimate of drug-likeness (QED) is 0.452. The Bertz CT molecular complexity index is 383. The van der Waals surface area contributed by atoms with Gasteiger partial charge in [-0.25, -0.2) is 9.18 Å². The van der Waals surface area contributed by atoms with Gasteiger partial charge in [-0.05, 0) is 26.2 Å². The van der Waals surface area contributed by atoms with E-state index in [-0.39, 0.29) is 12.3 Å². The molecule has 3 rings (SSSR count). The van der Waals surface area contributed by atoms with Crippen molar-refractivity contribution in [2.75, 3.05) is 6.61 Å². The Morgan fingerprint density at radius 1 is 1.53 bits per heavy atom. The van der Waals surface area contributed by atoms with Gasteiger partial charge in [0.1, 0.15) is 11.4 Å². The molecule has 0 unspecified atom stereocenters. The van der Waals surface area contributed by atoms with Crippen molar-refractivity contribution < 1.29 is 18.7 Å². The van der Waals surface area contributed by atoms with E-state index in [0.717, 1.165) is 0 Å². The van der Waals surface area contributed by atoms with Crippen molar-refractivity contribution >= 4 is 5.97 Å². The summed E-state index contributed by atoms with van der Waals surface area (Å²) in [5.41, 5.74) is 4.14. The highest BCUT2D eigenvalue weighted by atomic mass is 19.1. The van der Waals surface area contributed by atoms with Crippen molar-refractivity contribution in [1.29, 1.82) is 0 Å². The number of nitrogens with two attached hydrogens (primary N) is 1. The van der Waals surface area contributed by atoms with Crippen LogP contribution in [0.4, 0.5) is 4.39 Å². The number of rotatable bonds is 5. The molecule has 4 nitrogen and oxygen atoms in total. The first kappa shape index (κ1) is 12.0. The van der Waals surface area contributed by atoms with E-state index in [1.165, 1.54) is 6.26 Å². The van der Waals surface area contributed by atoms with Crippen LogP contribution in [-0.2, 0) is 14.3 Å². The van der Waals surface area contributed by atoms with Crippen molar-refractivity contribution in [3.63, 3.8) is 0 Å². The average molecular weight is 241 g/mol. The third-order valence-corrected chi connectivity index (χ3v) is 3.39. The zero-order chi connectivity index (χ0) is 12.7. The summed E-state index contributed by atoms with van der Waals surface area (Å²) in [5, 5.41) is 0. The second-order valence-corrected chi connectivity index (χ2v) is 4.71. The fourth-order valence-electron chi connectivity index (χ4n) is 2.76. The van der Waals surface area contributed by atoms with E-state index < -0.39 is 17.1 Å². The number of carbonyl (C=O) groups is 1. The van der Waals surface area contributed by atoms with Gasteiger partial charge < -0.3 is 15.2 Å². The van der Waals surface area contributed by atoms with E-state index in [4.69, 9.17) is 15.2 Å². The molecule has 3 fully saturated rings. The third kappa shape index (κ3) is 1.69. The standard InChI is InChI=1S/C12H16FNO3/c1-3-16-9(8(14)10(15)17-4-2)11-5-12(13,6-11)7-11/h3H,1,4-7,14H2,2H3/b9-8-. The number of halogens is 1. The van der Waals surface area contributed by atoms with Crippen LogP contribution >= 0.6 is 0 Å². The van der Waals surface area contributed by atoms with E-state index in [1.807, 2.05) is 0 Å². The Morgan fingerprint density at radius 3 is 2.53 bits per heavy atom. The lowest BCUT2D eigenvalue weighted by molar-refractivity contribution is -0.206. The van der Waals surface area contributed by atoms with Crippen molar-refractivity contribution in [3.8, 4) is 0 Å². The Hall–Kier alpha value is -1.52. The maximum atomic E-state index is 13.5. The highest BCUT2D eigenvalue weighted by Gasteiger charge is 2.72. The molecule has 2 N–H and O–H groups in total. The van der Waals surface area contributed by atoms with Gasteiger partial charge in [-0.1, -0.05) is 6.58 Å². The molecule has 0 radical (unpaired) electrons. The van der Waals surface area contributed by atoms with Gasteiger partial charge in [0.05, 0.1) is 12.9 Å². The molecule has 94 valence electrons. The van der Waals surface area contributed by atoms with Crippen LogP contribution in [0.25, 0.3) is 0 Å². The van der Waals surface area contributed by atoms with Gasteiger partial charge in [-0.15, -0.1) is 0 Å². The number of allylic oxidation sites excluding steroid dienone is 1. The van der Waals surface area contributed by atoms with Gasteiger partial charge in [0.25, 0.3) is 0 Å². The van der Waals surface area contributed by atoms with Gasteiger partial charge in [-0.2, -0.15) is 0 Å². The summed E-state index contributed by atoms with van der Waals surface area (Å²) in [6.07, 6.45) is 2.29. The molecule has 0 aromatic carbocycles. The van der Waals surface area contributed by atoms with Gasteiger partial charge >= 0.3 is 5.97 Å². The molecule has 0 atom stereocenters. The molecule has 0 aromatic rings. The third-order valence-electron chi connectivity index (χ3n) is 3.39. The van der Waals surface area contributed by atoms with Crippen molar-refractivity contribution in [3.05, 3.63) is 24.3 Å². The SMILES string of the molecule is C=CO/C(=C(\N)C(=O)OCC)C12CC(F)(C1)C2. The molecule has 3 aliphatic rings. The number of esters is 1. The van der Waals surface area contributed by atoms with Gasteiger partial charge in [0, 0.05) is 5.41 Å². The molecule has 17 heavy (non-hydrogen) atoms. The van der Waals surface area contributed by atoms with Crippen LogP contribution in [0, 0.1) is 5.41 Å². The minimum Gasteiger partial charge on any atom is -0.467 e. The summed E-state index contributed by atoms with van der Waals surface area (Å²) in [6, 6.07) is 0. The van der Waals surface area contributed by atoms with E-state index in [0.29, 0.717) is 25.0 Å². The average Bonchev–Trinajstić information content (AvgIpc) is 2.20. The van der Waals surface area contributed by atoms with Crippen molar-refractivity contribution in [1.82, 2.24) is 0 Å². The van der Waals surface area contributed by atoms with Gasteiger partial charge in [-0.3, -0.25) is 0 Å². The highest BCUT2D eigenvalue weighted by Crippen LogP contribution is 2.72. The lowest BCUT2D eigenvalue weighted by Gasteiger charge is -2.65. The molecule has 0 spiro atoms. The molecule has 0 aliphatic heterocycles. The summed E-state index contributed by atoms with van der Waals surface area (Å²) < 4.78 is 23.5. The molecule has 0 saturated heterocycles. The Morgan fingerprint density at radius 2 is 2.12 bits per heavy atom. The van der Waals surface area contributed by atoms with Gasteiger partial charge in [0.2, 0.25) is 0 Å². The summed E-state index contributed by atoms with van der Waals surface area (Å²) in [4.78, 5) is 11.5. The Balaban J connectivity index is 2.20. The molecule has 0 heterocycles. The van der Waals surface area contributed by atoms with Crippen molar-refractivity contribution in [2.45, 2.75) is 31.9 Å². The van der Waals surface area contributed by atoms with E-state index >= 15 is 0 Å². The second kappa shape index (κ2) is 3.75. The van der Waals surface area contributed by atoms with E-state index in [9.17, 15) is 9.18 Å². The molecule has 3 aliphatic carbocycles. The summed E-state index contributed by atoms with van der Waals surface area (Å²) in [5.74, 6) is -0.313. The second-order valence-electron chi connectivity index (χ2n) is 4.71. The van der Waals surface area contributed by atoms with E-state index in [1.54, 1.807) is 6.92 Å². The first-order valence-corrected chi connectivity index (χ1v) is 5.60. The van der Waals surface area contributed by atoms with Crippen LogP contribution in [0.2, 0.25) is 0 Å². The molecule has 5 heteroatoms. The first-order valence-electron chi connectivity index (χ1n) is 5.60. The van der Waals surface area contributed by atoms with Crippen LogP contribution in [0.15, 0.2) is 24.3 Å². The minimum absolute atomic E-state index is 0.0755. The van der Waals surface area contributed by atoms with Crippen molar-refractivity contribution in [2.24, 2.45) is 11.1 Å². The molecule has 0 amide bonds. The normalized spacial score (nSPS) is 34.9. The maximum Gasteiger partial charge on any atom is 0.357 e. The van der Waals surface area contributed by atoms with Crippen LogP contribution in [-0.4, -0.2) is 18.2 Å². The largest absolute Gasteiger partial charge is 0.467 e. The van der Waals surface area contributed by atoms with E-state index in [2.05, 4.69) is 6.58 Å². The number of carbonyl (C=O) groups excluding carboxylic acids is 1. The number of alkyl halides is 1. The fourth-order valence-corrected chi connectivity index (χ4v) is 2.76. The van der Waals surface area contributed by atoms with Crippen LogP contribution in [0.3, 0.4) is 0 Å². The lowest BCUT2D eigenvalue weighted by Crippen LogP contribution is -2.65. The fraction of sp³-hybridized carbons (Fsp3) is 0.583. The zero-order valence-corrected chi connectivity index (χ0v) is 9.79. The summed E-state index contributed by atoms with van der Waals surface area (Å²) >= 11 is 0. The predicted octanol–water partition coefficient (Wildman–Crippen LogP) is 1.77. The van der Waals surface area contributed by atoms with Crippen LogP contribution in [0.5, 0.6) is 0 Å². The summed E-state index contributed by atoms with van der Waals surface area (Å²) in [7, 11) is 0. The van der Waals surface area contributed by atoms with Gasteiger partial charge in [0.15, 0.2) is 5.70 Å². The number of hydrogen-bond acceptors (Lipinski definition) is 4. The predicted molar refractivity (Wildman–Crippen MR) is 59.3 cm³/mol. The molecule has 0 aromatic heterocycles.